The number of aromatic nitrogens is 2. The minimum atomic E-state index is 0.457. The lowest BCUT2D eigenvalue weighted by atomic mass is 10.3. The van der Waals surface area contributed by atoms with Gasteiger partial charge in [0.2, 0.25) is 5.88 Å². The summed E-state index contributed by atoms with van der Waals surface area (Å²) in [5.74, 6) is 0.718. The van der Waals surface area contributed by atoms with Gasteiger partial charge in [0.25, 0.3) is 0 Å². The van der Waals surface area contributed by atoms with Crippen LogP contribution in [0.2, 0.25) is 0 Å². The predicted octanol–water partition coefficient (Wildman–Crippen LogP) is 1.90. The Hall–Kier alpha value is -1.07. The molecule has 0 aliphatic rings. The molecule has 2 heterocycles. The highest BCUT2D eigenvalue weighted by Gasteiger charge is 2.13. The Morgan fingerprint density at radius 1 is 1.60 bits per heavy atom. The zero-order valence-corrected chi connectivity index (χ0v) is 9.97. The molecule has 0 radical (unpaired) electrons. The number of nitrogens with zero attached hydrogens (tertiary/aromatic N) is 2. The Bertz CT molecular complexity index is 446. The molecule has 0 saturated heterocycles. The van der Waals surface area contributed by atoms with Crippen LogP contribution in [0.15, 0.2) is 11.6 Å². The molecular weight excluding hydrogens is 210 g/mol. The number of hydrogen-bond acceptors (Lipinski definition) is 4. The van der Waals surface area contributed by atoms with E-state index in [1.54, 1.807) is 18.4 Å². The van der Waals surface area contributed by atoms with E-state index in [0.717, 1.165) is 23.1 Å². The maximum absolute atomic E-state index is 5.26. The van der Waals surface area contributed by atoms with Crippen molar-refractivity contribution >= 4 is 16.3 Å². The van der Waals surface area contributed by atoms with E-state index in [4.69, 9.17) is 4.74 Å². The summed E-state index contributed by atoms with van der Waals surface area (Å²) in [4.78, 5) is 5.37. The van der Waals surface area contributed by atoms with E-state index in [9.17, 15) is 0 Å². The van der Waals surface area contributed by atoms with Crippen molar-refractivity contribution in [1.29, 1.82) is 0 Å². The van der Waals surface area contributed by atoms with Crippen LogP contribution in [-0.4, -0.2) is 22.5 Å². The van der Waals surface area contributed by atoms with Crippen molar-refractivity contribution in [1.82, 2.24) is 14.7 Å². The molecule has 82 valence electrons. The zero-order chi connectivity index (χ0) is 10.8. The maximum atomic E-state index is 5.26. The number of ether oxygens (including phenoxy) is 1. The van der Waals surface area contributed by atoms with Gasteiger partial charge in [-0.15, -0.1) is 11.3 Å². The van der Waals surface area contributed by atoms with Crippen molar-refractivity contribution in [2.75, 3.05) is 7.11 Å². The molecule has 1 N–H and O–H groups in total. The van der Waals surface area contributed by atoms with Crippen molar-refractivity contribution in [3.63, 3.8) is 0 Å². The molecule has 0 aliphatic heterocycles. The second kappa shape index (κ2) is 4.20. The van der Waals surface area contributed by atoms with E-state index in [1.165, 1.54) is 0 Å². The maximum Gasteiger partial charge on any atom is 0.237 e. The summed E-state index contributed by atoms with van der Waals surface area (Å²) in [6, 6.07) is 0.457. The summed E-state index contributed by atoms with van der Waals surface area (Å²) in [6.45, 7) is 5.02. The first-order chi connectivity index (χ1) is 7.22. The predicted molar refractivity (Wildman–Crippen MR) is 61.6 cm³/mol. The van der Waals surface area contributed by atoms with Gasteiger partial charge in [-0.2, -0.15) is 4.98 Å². The topological polar surface area (TPSA) is 38.6 Å². The zero-order valence-electron chi connectivity index (χ0n) is 9.15. The van der Waals surface area contributed by atoms with Gasteiger partial charge in [0.15, 0.2) is 4.96 Å². The third kappa shape index (κ3) is 1.98. The summed E-state index contributed by atoms with van der Waals surface area (Å²) in [6.07, 6.45) is 2.02. The van der Waals surface area contributed by atoms with E-state index in [1.807, 2.05) is 11.6 Å². The molecule has 15 heavy (non-hydrogen) atoms. The molecule has 4 nitrogen and oxygen atoms in total. The Morgan fingerprint density at radius 2 is 2.40 bits per heavy atom. The van der Waals surface area contributed by atoms with E-state index in [-0.39, 0.29) is 0 Å². The fraction of sp³-hybridized carbons (Fsp3) is 0.500. The first kappa shape index (κ1) is 10.4. The van der Waals surface area contributed by atoms with Crippen molar-refractivity contribution in [3.8, 4) is 5.88 Å². The SMILES string of the molecule is COc1nc2sccn2c1CNC(C)C. The number of methoxy groups -OCH3 is 1. The molecule has 2 rings (SSSR count). The van der Waals surface area contributed by atoms with Crippen LogP contribution in [0.1, 0.15) is 19.5 Å². The Balaban J connectivity index is 2.32. The monoisotopic (exact) mass is 225 g/mol. The lowest BCUT2D eigenvalue weighted by Crippen LogP contribution is -2.22. The largest absolute Gasteiger partial charge is 0.480 e. The van der Waals surface area contributed by atoms with Crippen LogP contribution in [-0.2, 0) is 6.54 Å². The number of fused-ring (bicyclic) bond motifs is 1. The standard InChI is InChI=1S/C10H15N3OS/c1-7(2)11-6-8-9(14-3)12-10-13(8)4-5-15-10/h4-5,7,11H,6H2,1-3H3. The summed E-state index contributed by atoms with van der Waals surface area (Å²) < 4.78 is 7.32. The third-order valence-corrected chi connectivity index (χ3v) is 2.95. The molecule has 2 aromatic rings. The number of imidazole rings is 1. The molecule has 0 spiro atoms. The van der Waals surface area contributed by atoms with Crippen LogP contribution in [0.3, 0.4) is 0 Å². The first-order valence-corrected chi connectivity index (χ1v) is 5.82. The Labute approximate surface area is 92.9 Å². The number of nitrogens with one attached hydrogen (secondary N) is 1. The lowest BCUT2D eigenvalue weighted by molar-refractivity contribution is 0.391. The van der Waals surface area contributed by atoms with Gasteiger partial charge in [0, 0.05) is 24.2 Å². The Morgan fingerprint density at radius 3 is 3.07 bits per heavy atom. The van der Waals surface area contributed by atoms with Crippen LogP contribution < -0.4 is 10.1 Å². The van der Waals surface area contributed by atoms with E-state index in [0.29, 0.717) is 6.04 Å². The van der Waals surface area contributed by atoms with Gasteiger partial charge in [-0.05, 0) is 0 Å². The average Bonchev–Trinajstić information content (AvgIpc) is 2.73. The molecule has 0 unspecified atom stereocenters. The average molecular weight is 225 g/mol. The Kier molecular flexibility index (Phi) is 2.93. The van der Waals surface area contributed by atoms with Crippen molar-refractivity contribution < 1.29 is 4.74 Å². The summed E-state index contributed by atoms with van der Waals surface area (Å²) in [5, 5.41) is 5.40. The van der Waals surface area contributed by atoms with E-state index < -0.39 is 0 Å². The normalized spacial score (nSPS) is 11.5. The minimum absolute atomic E-state index is 0.457. The van der Waals surface area contributed by atoms with Crippen LogP contribution in [0, 0.1) is 0 Å². The van der Waals surface area contributed by atoms with Crippen molar-refractivity contribution in [3.05, 3.63) is 17.3 Å². The van der Waals surface area contributed by atoms with Gasteiger partial charge in [-0.25, -0.2) is 0 Å². The number of thiazole rings is 1. The molecule has 0 aromatic carbocycles. The smallest absolute Gasteiger partial charge is 0.237 e. The van der Waals surface area contributed by atoms with E-state index in [2.05, 4.69) is 28.5 Å². The molecule has 0 aliphatic carbocycles. The second-order valence-corrected chi connectivity index (χ2v) is 4.53. The highest BCUT2D eigenvalue weighted by molar-refractivity contribution is 7.15. The molecule has 0 fully saturated rings. The van der Waals surface area contributed by atoms with E-state index >= 15 is 0 Å². The first-order valence-electron chi connectivity index (χ1n) is 4.94. The van der Waals surface area contributed by atoms with Gasteiger partial charge in [-0.1, -0.05) is 13.8 Å². The molecular formula is C10H15N3OS. The number of hydrogen-bond donors (Lipinski definition) is 1. The molecule has 2 aromatic heterocycles. The highest BCUT2D eigenvalue weighted by Crippen LogP contribution is 2.22. The fourth-order valence-electron chi connectivity index (χ4n) is 1.44. The highest BCUT2D eigenvalue weighted by atomic mass is 32.1. The summed E-state index contributed by atoms with van der Waals surface area (Å²) >= 11 is 1.62. The van der Waals surface area contributed by atoms with Crippen LogP contribution >= 0.6 is 11.3 Å². The van der Waals surface area contributed by atoms with Gasteiger partial charge < -0.3 is 10.1 Å². The van der Waals surface area contributed by atoms with Crippen LogP contribution in [0.25, 0.3) is 4.96 Å². The summed E-state index contributed by atoms with van der Waals surface area (Å²) in [7, 11) is 1.66. The fourth-order valence-corrected chi connectivity index (χ4v) is 2.16. The number of rotatable bonds is 4. The minimum Gasteiger partial charge on any atom is -0.480 e. The molecule has 0 atom stereocenters. The van der Waals surface area contributed by atoms with Crippen molar-refractivity contribution in [2.45, 2.75) is 26.4 Å². The van der Waals surface area contributed by atoms with Gasteiger partial charge >= 0.3 is 0 Å². The van der Waals surface area contributed by atoms with Gasteiger partial charge in [0.05, 0.1) is 7.11 Å². The van der Waals surface area contributed by atoms with Gasteiger partial charge in [-0.3, -0.25) is 4.40 Å². The van der Waals surface area contributed by atoms with Crippen LogP contribution in [0.5, 0.6) is 5.88 Å². The molecule has 0 bridgehead atoms. The molecule has 5 heteroatoms. The van der Waals surface area contributed by atoms with Crippen molar-refractivity contribution in [2.24, 2.45) is 0 Å². The second-order valence-electron chi connectivity index (χ2n) is 3.66. The van der Waals surface area contributed by atoms with Crippen LogP contribution in [0.4, 0.5) is 0 Å². The summed E-state index contributed by atoms with van der Waals surface area (Å²) in [5.41, 5.74) is 1.09. The lowest BCUT2D eigenvalue weighted by Gasteiger charge is -2.08. The van der Waals surface area contributed by atoms with Gasteiger partial charge in [0.1, 0.15) is 5.69 Å². The third-order valence-electron chi connectivity index (χ3n) is 2.20. The molecule has 0 amide bonds. The molecule has 0 saturated carbocycles. The quantitative estimate of drug-likeness (QED) is 0.863.